The first kappa shape index (κ1) is 14.0. The molecule has 0 saturated heterocycles. The minimum absolute atomic E-state index is 0.212. The number of nitrogens with zero attached hydrogens (tertiary/aromatic N) is 1. The number of anilines is 1. The SMILES string of the molecule is CCCCN(C)C(=O)c1cc(F)c(Br)cc1N. The predicted molar refractivity (Wildman–Crippen MR) is 70.4 cm³/mol. The summed E-state index contributed by atoms with van der Waals surface area (Å²) in [6, 6.07) is 2.58. The van der Waals surface area contributed by atoms with E-state index in [2.05, 4.69) is 15.9 Å². The molecule has 0 aliphatic carbocycles. The number of nitrogens with two attached hydrogens (primary N) is 1. The lowest BCUT2D eigenvalue weighted by Crippen LogP contribution is -2.28. The maximum absolute atomic E-state index is 13.4. The molecule has 17 heavy (non-hydrogen) atoms. The molecule has 1 amide bonds. The zero-order valence-corrected chi connectivity index (χ0v) is 11.6. The average molecular weight is 303 g/mol. The van der Waals surface area contributed by atoms with E-state index in [0.717, 1.165) is 12.8 Å². The van der Waals surface area contributed by atoms with Crippen molar-refractivity contribution in [1.29, 1.82) is 0 Å². The van der Waals surface area contributed by atoms with Crippen molar-refractivity contribution >= 4 is 27.5 Å². The summed E-state index contributed by atoms with van der Waals surface area (Å²) in [6.45, 7) is 2.69. The van der Waals surface area contributed by atoms with Crippen LogP contribution in [0.1, 0.15) is 30.1 Å². The van der Waals surface area contributed by atoms with E-state index in [1.165, 1.54) is 12.1 Å². The van der Waals surface area contributed by atoms with Gasteiger partial charge in [-0.25, -0.2) is 4.39 Å². The molecule has 2 N–H and O–H groups in total. The first-order chi connectivity index (χ1) is 7.97. The van der Waals surface area contributed by atoms with Gasteiger partial charge in [-0.2, -0.15) is 0 Å². The van der Waals surface area contributed by atoms with Crippen LogP contribution in [-0.2, 0) is 0 Å². The second kappa shape index (κ2) is 6.00. The second-order valence-corrected chi connectivity index (χ2v) is 4.79. The van der Waals surface area contributed by atoms with Gasteiger partial charge in [0.25, 0.3) is 5.91 Å². The molecule has 0 fully saturated rings. The first-order valence-corrected chi connectivity index (χ1v) is 6.26. The zero-order valence-electron chi connectivity index (χ0n) is 9.96. The van der Waals surface area contributed by atoms with Gasteiger partial charge in [0.15, 0.2) is 0 Å². The van der Waals surface area contributed by atoms with Gasteiger partial charge in [-0.3, -0.25) is 4.79 Å². The fourth-order valence-electron chi connectivity index (χ4n) is 1.45. The third-order valence-electron chi connectivity index (χ3n) is 2.52. The molecule has 0 aliphatic rings. The van der Waals surface area contributed by atoms with E-state index in [0.29, 0.717) is 6.54 Å². The number of amides is 1. The molecule has 0 atom stereocenters. The Bertz CT molecular complexity index is 423. The molecule has 0 aromatic heterocycles. The van der Waals surface area contributed by atoms with Gasteiger partial charge in [0.1, 0.15) is 5.82 Å². The number of hydrogen-bond donors (Lipinski definition) is 1. The minimum Gasteiger partial charge on any atom is -0.398 e. The summed E-state index contributed by atoms with van der Waals surface area (Å²) in [5.74, 6) is -0.728. The molecule has 0 spiro atoms. The number of hydrogen-bond acceptors (Lipinski definition) is 2. The topological polar surface area (TPSA) is 46.3 Å². The van der Waals surface area contributed by atoms with Crippen LogP contribution >= 0.6 is 15.9 Å². The van der Waals surface area contributed by atoms with Crippen LogP contribution in [0.15, 0.2) is 16.6 Å². The van der Waals surface area contributed by atoms with E-state index in [-0.39, 0.29) is 21.6 Å². The third kappa shape index (κ3) is 3.43. The van der Waals surface area contributed by atoms with Gasteiger partial charge in [0.05, 0.1) is 10.0 Å². The molecule has 0 unspecified atom stereocenters. The van der Waals surface area contributed by atoms with Crippen LogP contribution in [0.3, 0.4) is 0 Å². The lowest BCUT2D eigenvalue weighted by Gasteiger charge is -2.18. The Balaban J connectivity index is 2.92. The van der Waals surface area contributed by atoms with Crippen molar-refractivity contribution in [3.63, 3.8) is 0 Å². The van der Waals surface area contributed by atoms with Crippen molar-refractivity contribution < 1.29 is 9.18 Å². The molecule has 0 aliphatic heterocycles. The Morgan fingerprint density at radius 2 is 2.18 bits per heavy atom. The summed E-state index contributed by atoms with van der Waals surface area (Å²) >= 11 is 3.03. The highest BCUT2D eigenvalue weighted by Gasteiger charge is 2.16. The van der Waals surface area contributed by atoms with E-state index >= 15 is 0 Å². The number of unbranched alkanes of at least 4 members (excludes halogenated alkanes) is 1. The summed E-state index contributed by atoms with van der Waals surface area (Å²) in [5.41, 5.74) is 6.21. The Morgan fingerprint density at radius 1 is 1.53 bits per heavy atom. The van der Waals surface area contributed by atoms with E-state index in [4.69, 9.17) is 5.73 Å². The van der Waals surface area contributed by atoms with Gasteiger partial charge in [0.2, 0.25) is 0 Å². The monoisotopic (exact) mass is 302 g/mol. The van der Waals surface area contributed by atoms with Crippen LogP contribution in [0.2, 0.25) is 0 Å². The molecule has 94 valence electrons. The molecule has 0 saturated carbocycles. The lowest BCUT2D eigenvalue weighted by atomic mass is 10.1. The van der Waals surface area contributed by atoms with Crippen LogP contribution in [-0.4, -0.2) is 24.4 Å². The molecular weight excluding hydrogens is 287 g/mol. The van der Waals surface area contributed by atoms with Gasteiger partial charge in [-0.05, 0) is 34.5 Å². The molecular formula is C12H16BrFN2O. The zero-order chi connectivity index (χ0) is 13.0. The summed E-state index contributed by atoms with van der Waals surface area (Å²) in [7, 11) is 1.69. The van der Waals surface area contributed by atoms with Gasteiger partial charge < -0.3 is 10.6 Å². The van der Waals surface area contributed by atoms with Crippen LogP contribution in [0.4, 0.5) is 10.1 Å². The maximum atomic E-state index is 13.4. The van der Waals surface area contributed by atoms with E-state index in [9.17, 15) is 9.18 Å². The smallest absolute Gasteiger partial charge is 0.255 e. The third-order valence-corrected chi connectivity index (χ3v) is 3.12. The molecule has 0 heterocycles. The predicted octanol–water partition coefficient (Wildman–Crippen LogP) is 3.04. The minimum atomic E-state index is -0.480. The number of benzene rings is 1. The van der Waals surface area contributed by atoms with Gasteiger partial charge >= 0.3 is 0 Å². The molecule has 1 aromatic rings. The highest BCUT2D eigenvalue weighted by atomic mass is 79.9. The largest absolute Gasteiger partial charge is 0.398 e. The Hall–Kier alpha value is -1.10. The summed E-state index contributed by atoms with van der Waals surface area (Å²) in [5, 5.41) is 0. The van der Waals surface area contributed by atoms with Gasteiger partial charge in [0, 0.05) is 19.3 Å². The Labute approximate surface area is 109 Å². The molecule has 1 aromatic carbocycles. The van der Waals surface area contributed by atoms with Crippen LogP contribution in [0, 0.1) is 5.82 Å². The Morgan fingerprint density at radius 3 is 2.76 bits per heavy atom. The van der Waals surface area contributed by atoms with E-state index in [1.54, 1.807) is 11.9 Å². The summed E-state index contributed by atoms with van der Waals surface area (Å²) in [6.07, 6.45) is 1.92. The quantitative estimate of drug-likeness (QED) is 0.869. The lowest BCUT2D eigenvalue weighted by molar-refractivity contribution is 0.0794. The van der Waals surface area contributed by atoms with Gasteiger partial charge in [-0.15, -0.1) is 0 Å². The number of halogens is 2. The second-order valence-electron chi connectivity index (χ2n) is 3.93. The number of carbonyl (C=O) groups is 1. The van der Waals surface area contributed by atoms with Crippen molar-refractivity contribution in [2.75, 3.05) is 19.3 Å². The van der Waals surface area contributed by atoms with Crippen LogP contribution < -0.4 is 5.73 Å². The number of carbonyl (C=O) groups excluding carboxylic acids is 1. The normalized spacial score (nSPS) is 10.4. The summed E-state index contributed by atoms with van der Waals surface area (Å²) < 4.78 is 13.6. The van der Waals surface area contributed by atoms with Crippen molar-refractivity contribution in [3.8, 4) is 0 Å². The van der Waals surface area contributed by atoms with Crippen LogP contribution in [0.25, 0.3) is 0 Å². The fraction of sp³-hybridized carbons (Fsp3) is 0.417. The highest BCUT2D eigenvalue weighted by molar-refractivity contribution is 9.10. The van der Waals surface area contributed by atoms with Crippen molar-refractivity contribution in [2.24, 2.45) is 0 Å². The number of rotatable bonds is 4. The average Bonchev–Trinajstić information content (AvgIpc) is 2.29. The van der Waals surface area contributed by atoms with Gasteiger partial charge in [-0.1, -0.05) is 13.3 Å². The summed E-state index contributed by atoms with van der Waals surface area (Å²) in [4.78, 5) is 13.6. The molecule has 0 bridgehead atoms. The molecule has 3 nitrogen and oxygen atoms in total. The van der Waals surface area contributed by atoms with Crippen LogP contribution in [0.5, 0.6) is 0 Å². The maximum Gasteiger partial charge on any atom is 0.255 e. The van der Waals surface area contributed by atoms with Crippen molar-refractivity contribution in [2.45, 2.75) is 19.8 Å². The Kier molecular flexibility index (Phi) is 4.93. The molecule has 5 heteroatoms. The van der Waals surface area contributed by atoms with E-state index < -0.39 is 5.82 Å². The standard InChI is InChI=1S/C12H16BrFN2O/c1-3-4-5-16(2)12(17)8-6-10(14)9(13)7-11(8)15/h6-7H,3-5,15H2,1-2H3. The first-order valence-electron chi connectivity index (χ1n) is 5.47. The molecule has 1 rings (SSSR count). The highest BCUT2D eigenvalue weighted by Crippen LogP contribution is 2.23. The van der Waals surface area contributed by atoms with Crippen molar-refractivity contribution in [3.05, 3.63) is 28.0 Å². The van der Waals surface area contributed by atoms with E-state index in [1.807, 2.05) is 6.92 Å². The van der Waals surface area contributed by atoms with Crippen molar-refractivity contribution in [1.82, 2.24) is 4.90 Å². The fourth-order valence-corrected chi connectivity index (χ4v) is 1.81. The number of nitrogen functional groups attached to an aromatic ring is 1. The molecule has 0 radical (unpaired) electrons.